The lowest BCUT2D eigenvalue weighted by Gasteiger charge is -2.15. The van der Waals surface area contributed by atoms with Crippen molar-refractivity contribution in [2.45, 2.75) is 80.1 Å². The molecule has 0 aromatic heterocycles. The van der Waals surface area contributed by atoms with Crippen molar-refractivity contribution in [1.82, 2.24) is 0 Å². The molecule has 0 saturated carbocycles. The molecule has 0 amide bonds. The van der Waals surface area contributed by atoms with Crippen LogP contribution in [-0.4, -0.2) is 23.9 Å². The van der Waals surface area contributed by atoms with Gasteiger partial charge in [-0.1, -0.05) is 12.8 Å². The first-order valence-electron chi connectivity index (χ1n) is 8.34. The lowest BCUT2D eigenvalue weighted by atomic mass is 9.97. The van der Waals surface area contributed by atoms with Crippen molar-refractivity contribution in [2.75, 3.05) is 0 Å². The second-order valence-electron chi connectivity index (χ2n) is 7.94. The molecule has 0 fully saturated rings. The van der Waals surface area contributed by atoms with E-state index in [0.29, 0.717) is 12.8 Å². The first-order valence-corrected chi connectivity index (χ1v) is 8.34. The van der Waals surface area contributed by atoms with Crippen LogP contribution in [0.15, 0.2) is 0 Å². The molecule has 24 heavy (non-hydrogen) atoms. The average molecular weight is 342 g/mol. The number of unbranched alkanes of at least 4 members (excludes halogenated alkanes) is 3. The van der Waals surface area contributed by atoms with E-state index in [4.69, 9.17) is 9.47 Å². The van der Waals surface area contributed by atoms with Crippen molar-refractivity contribution in [3.63, 3.8) is 0 Å². The maximum atomic E-state index is 11.5. The van der Waals surface area contributed by atoms with Crippen molar-refractivity contribution >= 4 is 23.9 Å². The Labute approximate surface area is 144 Å². The van der Waals surface area contributed by atoms with E-state index < -0.39 is 34.7 Å². The normalized spacial score (nSPS) is 11.8. The molecular weight excluding hydrogens is 312 g/mol. The molecule has 0 N–H and O–H groups in total. The Kier molecular flexibility index (Phi) is 8.86. The van der Waals surface area contributed by atoms with Gasteiger partial charge in [-0.3, -0.25) is 19.2 Å². The molecular formula is C18H30O6. The van der Waals surface area contributed by atoms with E-state index >= 15 is 0 Å². The minimum atomic E-state index is -0.694. The molecule has 6 nitrogen and oxygen atoms in total. The summed E-state index contributed by atoms with van der Waals surface area (Å²) in [6.07, 6.45) is 3.00. The molecule has 0 spiro atoms. The molecule has 0 atom stereocenters. The van der Waals surface area contributed by atoms with Crippen LogP contribution in [0.2, 0.25) is 0 Å². The predicted octanol–water partition coefficient (Wildman–Crippen LogP) is 3.56. The maximum absolute atomic E-state index is 11.5. The van der Waals surface area contributed by atoms with E-state index in [2.05, 4.69) is 0 Å². The first kappa shape index (κ1) is 22.3. The number of carbonyl (C=O) groups excluding carboxylic acids is 4. The Bertz CT molecular complexity index is 421. The molecule has 0 aromatic rings. The smallest absolute Gasteiger partial charge is 0.318 e. The molecule has 0 bridgehead atoms. The molecule has 0 aliphatic carbocycles. The molecule has 0 saturated heterocycles. The third-order valence-corrected chi connectivity index (χ3v) is 3.15. The van der Waals surface area contributed by atoms with Gasteiger partial charge in [0.25, 0.3) is 0 Å². The number of hydrogen-bond donors (Lipinski definition) is 0. The maximum Gasteiger partial charge on any atom is 0.318 e. The predicted molar refractivity (Wildman–Crippen MR) is 88.8 cm³/mol. The van der Waals surface area contributed by atoms with Crippen LogP contribution in [0.5, 0.6) is 0 Å². The Morgan fingerprint density at radius 2 is 0.875 bits per heavy atom. The van der Waals surface area contributed by atoms with Gasteiger partial charge in [0.1, 0.15) is 0 Å². The summed E-state index contributed by atoms with van der Waals surface area (Å²) < 4.78 is 9.49. The molecule has 0 radical (unpaired) electrons. The number of hydrogen-bond acceptors (Lipinski definition) is 6. The third kappa shape index (κ3) is 10.1. The summed E-state index contributed by atoms with van der Waals surface area (Å²) in [5.74, 6) is -2.10. The van der Waals surface area contributed by atoms with Crippen LogP contribution in [0.4, 0.5) is 0 Å². The first-order chi connectivity index (χ1) is 10.8. The molecule has 0 rings (SSSR count). The zero-order valence-electron chi connectivity index (χ0n) is 15.7. The highest BCUT2D eigenvalue weighted by molar-refractivity contribution is 5.88. The van der Waals surface area contributed by atoms with Crippen LogP contribution < -0.4 is 0 Å². The molecule has 6 heteroatoms. The fraction of sp³-hybridized carbons (Fsp3) is 0.778. The molecule has 0 heterocycles. The fourth-order valence-electron chi connectivity index (χ4n) is 1.51. The van der Waals surface area contributed by atoms with E-state index in [9.17, 15) is 19.2 Å². The van der Waals surface area contributed by atoms with E-state index in [1.165, 1.54) is 0 Å². The van der Waals surface area contributed by atoms with Gasteiger partial charge in [-0.25, -0.2) is 0 Å². The van der Waals surface area contributed by atoms with Crippen molar-refractivity contribution in [3.05, 3.63) is 0 Å². The molecule has 0 aromatic carbocycles. The monoisotopic (exact) mass is 342 g/mol. The quantitative estimate of drug-likeness (QED) is 0.399. The SMILES string of the molecule is CC(C)(C)C(=O)OC(=O)CCCCCCC(=O)OC(=O)C(C)(C)C. The van der Waals surface area contributed by atoms with Gasteiger partial charge in [0.2, 0.25) is 0 Å². The summed E-state index contributed by atoms with van der Waals surface area (Å²) in [5, 5.41) is 0. The van der Waals surface area contributed by atoms with Crippen LogP contribution in [-0.2, 0) is 28.7 Å². The van der Waals surface area contributed by atoms with E-state index in [0.717, 1.165) is 12.8 Å². The lowest BCUT2D eigenvalue weighted by Crippen LogP contribution is -2.25. The standard InChI is InChI=1S/C18H30O6/c1-17(2,3)15(21)23-13(19)11-9-7-8-10-12-14(20)24-16(22)18(4,5)6/h7-12H2,1-6H3. The average Bonchev–Trinajstić information content (AvgIpc) is 2.40. The molecule has 0 aliphatic rings. The topological polar surface area (TPSA) is 86.7 Å². The minimum absolute atomic E-state index is 0.175. The number of rotatable bonds is 7. The van der Waals surface area contributed by atoms with Gasteiger partial charge in [0.05, 0.1) is 10.8 Å². The van der Waals surface area contributed by atoms with Gasteiger partial charge in [0.15, 0.2) is 0 Å². The summed E-state index contributed by atoms with van der Waals surface area (Å²) in [6, 6.07) is 0. The van der Waals surface area contributed by atoms with Gasteiger partial charge >= 0.3 is 23.9 Å². The summed E-state index contributed by atoms with van der Waals surface area (Å²) in [7, 11) is 0. The summed E-state index contributed by atoms with van der Waals surface area (Å²) in [4.78, 5) is 46.0. The van der Waals surface area contributed by atoms with Gasteiger partial charge in [-0.2, -0.15) is 0 Å². The molecule has 0 unspecified atom stereocenters. The zero-order chi connectivity index (χ0) is 19.0. The van der Waals surface area contributed by atoms with E-state index in [1.54, 1.807) is 41.5 Å². The second kappa shape index (κ2) is 9.55. The minimum Gasteiger partial charge on any atom is -0.393 e. The summed E-state index contributed by atoms with van der Waals surface area (Å²) in [6.45, 7) is 10.1. The van der Waals surface area contributed by atoms with Crippen LogP contribution in [0.1, 0.15) is 80.1 Å². The van der Waals surface area contributed by atoms with Crippen LogP contribution in [0.25, 0.3) is 0 Å². The largest absolute Gasteiger partial charge is 0.393 e. The number of carbonyl (C=O) groups is 4. The van der Waals surface area contributed by atoms with Crippen molar-refractivity contribution < 1.29 is 28.7 Å². The summed E-state index contributed by atoms with van der Waals surface area (Å²) >= 11 is 0. The third-order valence-electron chi connectivity index (χ3n) is 3.15. The molecule has 0 aliphatic heterocycles. The van der Waals surface area contributed by atoms with Crippen molar-refractivity contribution in [3.8, 4) is 0 Å². The van der Waals surface area contributed by atoms with Crippen LogP contribution in [0, 0.1) is 10.8 Å². The number of esters is 4. The Balaban J connectivity index is 3.78. The van der Waals surface area contributed by atoms with Crippen LogP contribution >= 0.6 is 0 Å². The van der Waals surface area contributed by atoms with Gasteiger partial charge in [-0.05, 0) is 54.4 Å². The van der Waals surface area contributed by atoms with Crippen LogP contribution in [0.3, 0.4) is 0 Å². The second-order valence-corrected chi connectivity index (χ2v) is 7.94. The highest BCUT2D eigenvalue weighted by Crippen LogP contribution is 2.17. The highest BCUT2D eigenvalue weighted by atomic mass is 16.6. The number of ether oxygens (including phenoxy) is 2. The highest BCUT2D eigenvalue weighted by Gasteiger charge is 2.26. The Morgan fingerprint density at radius 1 is 0.583 bits per heavy atom. The van der Waals surface area contributed by atoms with Gasteiger partial charge in [-0.15, -0.1) is 0 Å². The fourth-order valence-corrected chi connectivity index (χ4v) is 1.51. The summed E-state index contributed by atoms with van der Waals surface area (Å²) in [5.41, 5.74) is -1.39. The van der Waals surface area contributed by atoms with Crippen molar-refractivity contribution in [2.24, 2.45) is 10.8 Å². The van der Waals surface area contributed by atoms with Crippen molar-refractivity contribution in [1.29, 1.82) is 0 Å². The van der Waals surface area contributed by atoms with E-state index in [-0.39, 0.29) is 12.8 Å². The Hall–Kier alpha value is -1.72. The zero-order valence-corrected chi connectivity index (χ0v) is 15.7. The van der Waals surface area contributed by atoms with E-state index in [1.807, 2.05) is 0 Å². The van der Waals surface area contributed by atoms with Gasteiger partial charge in [0, 0.05) is 12.8 Å². The van der Waals surface area contributed by atoms with Gasteiger partial charge < -0.3 is 9.47 Å². The lowest BCUT2D eigenvalue weighted by molar-refractivity contribution is -0.167. The molecule has 138 valence electrons. The Morgan fingerprint density at radius 3 is 1.12 bits per heavy atom.